The maximum Gasteiger partial charge on any atom is 0.0769 e. The third kappa shape index (κ3) is 3.01. The van der Waals surface area contributed by atoms with Crippen LogP contribution in [0.3, 0.4) is 0 Å². The minimum atomic E-state index is -0.261. The van der Waals surface area contributed by atoms with Crippen molar-refractivity contribution < 1.29 is 9.84 Å². The molecule has 0 spiro atoms. The Hall–Kier alpha value is -0.120. The number of hydrogen-bond donors (Lipinski definition) is 1. The van der Waals surface area contributed by atoms with Gasteiger partial charge in [0.05, 0.1) is 12.7 Å². The van der Waals surface area contributed by atoms with E-state index in [4.69, 9.17) is 4.74 Å². The van der Waals surface area contributed by atoms with Gasteiger partial charge in [0, 0.05) is 18.1 Å². The number of hydrogen-bond acceptors (Lipinski definition) is 3. The molecule has 0 aromatic carbocycles. The predicted octanol–water partition coefficient (Wildman–Crippen LogP) is 2.04. The van der Waals surface area contributed by atoms with Crippen molar-refractivity contribution in [1.29, 1.82) is 0 Å². The summed E-state index contributed by atoms with van der Waals surface area (Å²) >= 11 is 0. The maximum atomic E-state index is 10.6. The topological polar surface area (TPSA) is 32.7 Å². The Labute approximate surface area is 105 Å². The Kier molecular flexibility index (Phi) is 4.45. The zero-order valence-corrected chi connectivity index (χ0v) is 11.3. The van der Waals surface area contributed by atoms with Crippen molar-refractivity contribution in [3.8, 4) is 0 Å². The van der Waals surface area contributed by atoms with Gasteiger partial charge in [-0.1, -0.05) is 12.8 Å². The molecule has 2 unspecified atom stereocenters. The molecule has 0 bridgehead atoms. The van der Waals surface area contributed by atoms with Gasteiger partial charge in [-0.25, -0.2) is 0 Å². The first-order valence-electron chi connectivity index (χ1n) is 7.13. The van der Waals surface area contributed by atoms with Gasteiger partial charge in [0.1, 0.15) is 0 Å². The fourth-order valence-corrected chi connectivity index (χ4v) is 3.21. The number of rotatable bonds is 3. The number of likely N-dealkylation sites (tertiary alicyclic amines) is 1. The van der Waals surface area contributed by atoms with Crippen molar-refractivity contribution in [3.63, 3.8) is 0 Å². The van der Waals surface area contributed by atoms with Gasteiger partial charge in [-0.05, 0) is 46.2 Å². The molecule has 3 heteroatoms. The number of ether oxygens (including phenoxy) is 1. The molecule has 2 rings (SSSR count). The molecule has 2 aliphatic rings. The van der Waals surface area contributed by atoms with E-state index in [1.807, 2.05) is 0 Å². The third-order valence-electron chi connectivity index (χ3n) is 4.56. The molecule has 3 nitrogen and oxygen atoms in total. The summed E-state index contributed by atoms with van der Waals surface area (Å²) in [4.78, 5) is 2.49. The fraction of sp³-hybridized carbons (Fsp3) is 1.00. The SMILES string of the molecule is CC(C)(C(O)C1CCOC1)N1CCCCCC1. The second-order valence-electron chi connectivity index (χ2n) is 6.12. The summed E-state index contributed by atoms with van der Waals surface area (Å²) in [5.74, 6) is 0.327. The average molecular weight is 241 g/mol. The molecular formula is C14H27NO2. The zero-order valence-electron chi connectivity index (χ0n) is 11.3. The minimum absolute atomic E-state index is 0.108. The molecule has 17 heavy (non-hydrogen) atoms. The smallest absolute Gasteiger partial charge is 0.0769 e. The summed E-state index contributed by atoms with van der Waals surface area (Å²) in [5, 5.41) is 10.6. The molecule has 0 radical (unpaired) electrons. The van der Waals surface area contributed by atoms with Crippen LogP contribution >= 0.6 is 0 Å². The van der Waals surface area contributed by atoms with Crippen molar-refractivity contribution in [3.05, 3.63) is 0 Å². The molecule has 2 fully saturated rings. The largest absolute Gasteiger partial charge is 0.391 e. The van der Waals surface area contributed by atoms with E-state index in [2.05, 4.69) is 18.7 Å². The normalized spacial score (nSPS) is 30.2. The van der Waals surface area contributed by atoms with Crippen LogP contribution in [0.25, 0.3) is 0 Å². The number of aliphatic hydroxyl groups excluding tert-OH is 1. The van der Waals surface area contributed by atoms with Crippen LogP contribution in [-0.4, -0.2) is 48.0 Å². The van der Waals surface area contributed by atoms with E-state index in [0.717, 1.165) is 32.7 Å². The van der Waals surface area contributed by atoms with Gasteiger partial charge in [-0.2, -0.15) is 0 Å². The highest BCUT2D eigenvalue weighted by Gasteiger charge is 2.40. The van der Waals surface area contributed by atoms with Gasteiger partial charge in [0.2, 0.25) is 0 Å². The van der Waals surface area contributed by atoms with E-state index >= 15 is 0 Å². The molecule has 100 valence electrons. The second-order valence-corrected chi connectivity index (χ2v) is 6.12. The first kappa shape index (κ1) is 13.3. The van der Waals surface area contributed by atoms with Gasteiger partial charge in [0.15, 0.2) is 0 Å². The molecule has 0 saturated carbocycles. The van der Waals surface area contributed by atoms with E-state index < -0.39 is 0 Å². The molecule has 1 N–H and O–H groups in total. The van der Waals surface area contributed by atoms with Crippen molar-refractivity contribution >= 4 is 0 Å². The lowest BCUT2D eigenvalue weighted by Gasteiger charge is -2.43. The maximum absolute atomic E-state index is 10.6. The lowest BCUT2D eigenvalue weighted by Crippen LogP contribution is -2.55. The summed E-state index contributed by atoms with van der Waals surface area (Å²) < 4.78 is 5.41. The summed E-state index contributed by atoms with van der Waals surface area (Å²) in [7, 11) is 0. The molecule has 2 saturated heterocycles. The van der Waals surface area contributed by atoms with Crippen LogP contribution < -0.4 is 0 Å². The van der Waals surface area contributed by atoms with E-state index in [9.17, 15) is 5.11 Å². The Morgan fingerprint density at radius 2 is 1.82 bits per heavy atom. The van der Waals surface area contributed by atoms with Crippen LogP contribution in [-0.2, 0) is 4.74 Å². The van der Waals surface area contributed by atoms with Crippen LogP contribution in [0.5, 0.6) is 0 Å². The first-order valence-corrected chi connectivity index (χ1v) is 7.13. The quantitative estimate of drug-likeness (QED) is 0.821. The highest BCUT2D eigenvalue weighted by atomic mass is 16.5. The number of aliphatic hydroxyl groups is 1. The lowest BCUT2D eigenvalue weighted by atomic mass is 9.84. The molecule has 2 atom stereocenters. The highest BCUT2D eigenvalue weighted by molar-refractivity contribution is 4.94. The van der Waals surface area contributed by atoms with Crippen LogP contribution in [0.4, 0.5) is 0 Å². The van der Waals surface area contributed by atoms with Crippen LogP contribution in [0.2, 0.25) is 0 Å². The first-order chi connectivity index (χ1) is 8.12. The summed E-state index contributed by atoms with van der Waals surface area (Å²) in [5.41, 5.74) is -0.108. The van der Waals surface area contributed by atoms with Gasteiger partial charge in [-0.3, -0.25) is 4.90 Å². The summed E-state index contributed by atoms with van der Waals surface area (Å²) in [6.07, 6.45) is 5.99. The Morgan fingerprint density at radius 3 is 2.35 bits per heavy atom. The second kappa shape index (κ2) is 5.68. The Balaban J connectivity index is 1.99. The van der Waals surface area contributed by atoms with Gasteiger partial charge in [-0.15, -0.1) is 0 Å². The highest BCUT2D eigenvalue weighted by Crippen LogP contribution is 2.30. The van der Waals surface area contributed by atoms with E-state index in [1.165, 1.54) is 25.7 Å². The summed E-state index contributed by atoms with van der Waals surface area (Å²) in [6, 6.07) is 0. The van der Waals surface area contributed by atoms with E-state index in [-0.39, 0.29) is 11.6 Å². The standard InChI is InChI=1S/C14H27NO2/c1-14(2,13(16)12-7-10-17-11-12)15-8-5-3-4-6-9-15/h12-13,16H,3-11H2,1-2H3. The molecule has 0 aromatic rings. The molecule has 0 aliphatic carbocycles. The predicted molar refractivity (Wildman–Crippen MR) is 69.1 cm³/mol. The van der Waals surface area contributed by atoms with Crippen molar-refractivity contribution in [2.24, 2.45) is 5.92 Å². The van der Waals surface area contributed by atoms with E-state index in [1.54, 1.807) is 0 Å². The average Bonchev–Trinajstić information content (AvgIpc) is 2.69. The lowest BCUT2D eigenvalue weighted by molar-refractivity contribution is -0.0425. The Bertz CT molecular complexity index is 224. The van der Waals surface area contributed by atoms with Crippen molar-refractivity contribution in [2.45, 2.75) is 57.6 Å². The van der Waals surface area contributed by atoms with Gasteiger partial charge >= 0.3 is 0 Å². The summed E-state index contributed by atoms with van der Waals surface area (Å²) in [6.45, 7) is 8.22. The van der Waals surface area contributed by atoms with Crippen LogP contribution in [0.15, 0.2) is 0 Å². The van der Waals surface area contributed by atoms with Gasteiger partial charge < -0.3 is 9.84 Å². The van der Waals surface area contributed by atoms with Crippen LogP contribution in [0.1, 0.15) is 46.0 Å². The number of nitrogens with zero attached hydrogens (tertiary/aromatic N) is 1. The monoisotopic (exact) mass is 241 g/mol. The minimum Gasteiger partial charge on any atom is -0.391 e. The van der Waals surface area contributed by atoms with Crippen LogP contribution in [0, 0.1) is 5.92 Å². The van der Waals surface area contributed by atoms with Gasteiger partial charge in [0.25, 0.3) is 0 Å². The molecular weight excluding hydrogens is 214 g/mol. The third-order valence-corrected chi connectivity index (χ3v) is 4.56. The molecule has 0 aromatic heterocycles. The Morgan fingerprint density at radius 1 is 1.18 bits per heavy atom. The van der Waals surface area contributed by atoms with E-state index in [0.29, 0.717) is 5.92 Å². The molecule has 2 heterocycles. The molecule has 2 aliphatic heterocycles. The fourth-order valence-electron chi connectivity index (χ4n) is 3.21. The van der Waals surface area contributed by atoms with Crippen molar-refractivity contribution in [2.75, 3.05) is 26.3 Å². The molecule has 0 amide bonds. The van der Waals surface area contributed by atoms with Crippen molar-refractivity contribution in [1.82, 2.24) is 4.90 Å². The zero-order chi connectivity index (χ0) is 12.3.